The van der Waals surface area contributed by atoms with E-state index in [0.717, 1.165) is 25.7 Å². The average molecular weight is 288 g/mol. The van der Waals surface area contributed by atoms with Crippen LogP contribution < -0.4 is 33.2 Å². The molecule has 0 fully saturated rings. The highest BCUT2D eigenvalue weighted by Crippen LogP contribution is 2.05. The molecule has 9 N–H and O–H groups in total. The third-order valence-electron chi connectivity index (χ3n) is 3.78. The van der Waals surface area contributed by atoms with Crippen molar-refractivity contribution in [2.75, 3.05) is 26.7 Å². The first-order valence-corrected chi connectivity index (χ1v) is 7.90. The number of hydrogen-bond acceptors (Lipinski definition) is 6. The third kappa shape index (κ3) is 8.84. The molecule has 0 aromatic carbocycles. The van der Waals surface area contributed by atoms with Gasteiger partial charge in [0.1, 0.15) is 0 Å². The monoisotopic (exact) mass is 288 g/mol. The van der Waals surface area contributed by atoms with Crippen LogP contribution in [0.5, 0.6) is 0 Å². The summed E-state index contributed by atoms with van der Waals surface area (Å²) in [4.78, 5) is 0. The fraction of sp³-hybridized carbons (Fsp3) is 1.00. The van der Waals surface area contributed by atoms with E-state index >= 15 is 0 Å². The normalized spacial score (nSPS) is 17.7. The summed E-state index contributed by atoms with van der Waals surface area (Å²) >= 11 is 0. The number of hydrogen-bond donors (Lipinski definition) is 6. The van der Waals surface area contributed by atoms with Gasteiger partial charge in [-0.15, -0.1) is 0 Å². The molecule has 0 aromatic rings. The van der Waals surface area contributed by atoms with Crippen LogP contribution in [0.4, 0.5) is 0 Å². The van der Waals surface area contributed by atoms with Crippen molar-refractivity contribution in [1.82, 2.24) is 16.0 Å². The minimum atomic E-state index is 0.182. The summed E-state index contributed by atoms with van der Waals surface area (Å²) in [7, 11) is 2.01. The summed E-state index contributed by atoms with van der Waals surface area (Å²) in [6.45, 7) is 6.19. The van der Waals surface area contributed by atoms with Crippen LogP contribution in [0.1, 0.15) is 39.5 Å². The molecule has 0 rings (SSSR count). The van der Waals surface area contributed by atoms with Gasteiger partial charge in [-0.1, -0.05) is 6.92 Å². The smallest absolute Gasteiger partial charge is 0.0588 e. The Morgan fingerprint density at radius 1 is 0.900 bits per heavy atom. The summed E-state index contributed by atoms with van der Waals surface area (Å²) in [6, 6.07) is 1.15. The molecule has 0 aliphatic carbocycles. The molecule has 0 aliphatic heterocycles. The first-order chi connectivity index (χ1) is 9.60. The van der Waals surface area contributed by atoms with Crippen LogP contribution >= 0.6 is 0 Å². The van der Waals surface area contributed by atoms with Crippen LogP contribution in [0, 0.1) is 0 Å². The molecular weight excluding hydrogens is 252 g/mol. The second kappa shape index (κ2) is 12.5. The van der Waals surface area contributed by atoms with Gasteiger partial charge in [-0.2, -0.15) is 0 Å². The summed E-state index contributed by atoms with van der Waals surface area (Å²) in [5.74, 6) is 0. The summed E-state index contributed by atoms with van der Waals surface area (Å²) in [5.41, 5.74) is 17.2. The Morgan fingerprint density at radius 3 is 2.00 bits per heavy atom. The lowest BCUT2D eigenvalue weighted by molar-refractivity contribution is 0.312. The van der Waals surface area contributed by atoms with E-state index in [4.69, 9.17) is 17.2 Å². The Morgan fingerprint density at radius 2 is 1.55 bits per heavy atom. The van der Waals surface area contributed by atoms with Gasteiger partial charge in [-0.3, -0.25) is 10.6 Å². The molecule has 4 atom stereocenters. The largest absolute Gasteiger partial charge is 0.330 e. The van der Waals surface area contributed by atoms with E-state index in [-0.39, 0.29) is 12.2 Å². The summed E-state index contributed by atoms with van der Waals surface area (Å²) in [5, 5.41) is 10.4. The van der Waals surface area contributed by atoms with Crippen molar-refractivity contribution in [3.8, 4) is 0 Å². The number of rotatable bonds is 13. The van der Waals surface area contributed by atoms with E-state index in [1.165, 1.54) is 0 Å². The maximum atomic E-state index is 5.88. The third-order valence-corrected chi connectivity index (χ3v) is 3.78. The molecule has 0 spiro atoms. The molecule has 0 saturated carbocycles. The average Bonchev–Trinajstić information content (AvgIpc) is 2.46. The Balaban J connectivity index is 4.25. The van der Waals surface area contributed by atoms with E-state index in [1.807, 2.05) is 7.05 Å². The van der Waals surface area contributed by atoms with Crippen LogP contribution in [0.15, 0.2) is 0 Å². The summed E-state index contributed by atoms with van der Waals surface area (Å²) in [6.07, 6.45) is 4.40. The van der Waals surface area contributed by atoms with Gasteiger partial charge in [0.25, 0.3) is 0 Å². The lowest BCUT2D eigenvalue weighted by Crippen LogP contribution is -2.54. The van der Waals surface area contributed by atoms with E-state index in [9.17, 15) is 0 Å². The highest BCUT2D eigenvalue weighted by Gasteiger charge is 2.16. The first-order valence-electron chi connectivity index (χ1n) is 7.90. The molecule has 0 aromatic heterocycles. The fourth-order valence-corrected chi connectivity index (χ4v) is 2.30. The van der Waals surface area contributed by atoms with E-state index < -0.39 is 0 Å². The van der Waals surface area contributed by atoms with Crippen molar-refractivity contribution in [2.24, 2.45) is 17.2 Å². The molecule has 0 saturated heterocycles. The zero-order valence-corrected chi connectivity index (χ0v) is 13.5. The van der Waals surface area contributed by atoms with Gasteiger partial charge in [-0.25, -0.2) is 0 Å². The lowest BCUT2D eigenvalue weighted by Gasteiger charge is -2.29. The highest BCUT2D eigenvalue weighted by molar-refractivity contribution is 4.78. The van der Waals surface area contributed by atoms with Crippen LogP contribution in [-0.2, 0) is 0 Å². The van der Waals surface area contributed by atoms with Crippen LogP contribution in [-0.4, -0.2) is 51.0 Å². The maximum Gasteiger partial charge on any atom is 0.0588 e. The molecule has 6 heteroatoms. The lowest BCUT2D eigenvalue weighted by atomic mass is 10.0. The standard InChI is InChI=1S/C14H36N6/c1-4-12(18-3)5-6-13(10-17)20-14(7-8-15)19-11(2)9-16/h11-14,18-20H,4-10,15-17H2,1-3H3. The molecule has 0 radical (unpaired) electrons. The van der Waals surface area contributed by atoms with Crippen molar-refractivity contribution < 1.29 is 0 Å². The second-order valence-electron chi connectivity index (χ2n) is 5.50. The second-order valence-corrected chi connectivity index (χ2v) is 5.50. The molecule has 122 valence electrons. The Kier molecular flexibility index (Phi) is 12.3. The minimum Gasteiger partial charge on any atom is -0.330 e. The van der Waals surface area contributed by atoms with Gasteiger partial charge in [-0.05, 0) is 46.2 Å². The molecule has 0 heterocycles. The van der Waals surface area contributed by atoms with Gasteiger partial charge >= 0.3 is 0 Å². The first kappa shape index (κ1) is 19.8. The SMILES string of the molecule is CCC(CCC(CN)NC(CCN)NC(C)CN)NC. The maximum absolute atomic E-state index is 5.88. The Bertz CT molecular complexity index is 210. The molecule has 0 amide bonds. The van der Waals surface area contributed by atoms with Crippen LogP contribution in [0.25, 0.3) is 0 Å². The molecule has 6 nitrogen and oxygen atoms in total. The zero-order valence-electron chi connectivity index (χ0n) is 13.5. The summed E-state index contributed by atoms with van der Waals surface area (Å²) < 4.78 is 0. The van der Waals surface area contributed by atoms with E-state index in [0.29, 0.717) is 31.7 Å². The van der Waals surface area contributed by atoms with Gasteiger partial charge in [0.15, 0.2) is 0 Å². The topological polar surface area (TPSA) is 114 Å². The number of nitrogens with one attached hydrogen (secondary N) is 3. The highest BCUT2D eigenvalue weighted by atomic mass is 15.2. The van der Waals surface area contributed by atoms with Gasteiger partial charge in [0, 0.05) is 31.2 Å². The van der Waals surface area contributed by atoms with Crippen molar-refractivity contribution >= 4 is 0 Å². The Labute approximate surface area is 124 Å². The van der Waals surface area contributed by atoms with Crippen molar-refractivity contribution in [3.63, 3.8) is 0 Å². The van der Waals surface area contributed by atoms with E-state index in [2.05, 4.69) is 29.8 Å². The molecular formula is C14H36N6. The molecule has 0 bridgehead atoms. The van der Waals surface area contributed by atoms with Crippen LogP contribution in [0.2, 0.25) is 0 Å². The van der Waals surface area contributed by atoms with Gasteiger partial charge in [0.2, 0.25) is 0 Å². The van der Waals surface area contributed by atoms with Crippen LogP contribution in [0.3, 0.4) is 0 Å². The minimum absolute atomic E-state index is 0.182. The van der Waals surface area contributed by atoms with Crippen molar-refractivity contribution in [3.05, 3.63) is 0 Å². The van der Waals surface area contributed by atoms with Gasteiger partial charge in [0.05, 0.1) is 6.17 Å². The molecule has 20 heavy (non-hydrogen) atoms. The van der Waals surface area contributed by atoms with Crippen molar-refractivity contribution in [2.45, 2.75) is 63.8 Å². The fourth-order valence-electron chi connectivity index (χ4n) is 2.30. The van der Waals surface area contributed by atoms with E-state index in [1.54, 1.807) is 0 Å². The van der Waals surface area contributed by atoms with Crippen molar-refractivity contribution in [1.29, 1.82) is 0 Å². The predicted molar refractivity (Wildman–Crippen MR) is 87.5 cm³/mol. The Hall–Kier alpha value is -0.240. The zero-order chi connectivity index (χ0) is 15.4. The molecule has 4 unspecified atom stereocenters. The predicted octanol–water partition coefficient (Wildman–Crippen LogP) is -0.707. The molecule has 0 aliphatic rings. The quantitative estimate of drug-likeness (QED) is 0.250. The number of nitrogens with two attached hydrogens (primary N) is 3. The van der Waals surface area contributed by atoms with Gasteiger partial charge < -0.3 is 22.5 Å².